The van der Waals surface area contributed by atoms with Crippen LogP contribution in [0.4, 0.5) is 3.89 Å². The van der Waals surface area contributed by atoms with Crippen LogP contribution < -0.4 is 0 Å². The number of nitrogens with zero attached hydrogens (tertiary/aromatic N) is 1. The fraction of sp³-hybridized carbons (Fsp3) is 0.417. The molecule has 1 aromatic carbocycles. The summed E-state index contributed by atoms with van der Waals surface area (Å²) in [5, 5.41) is -1.21. The summed E-state index contributed by atoms with van der Waals surface area (Å²) >= 11 is 3.41. The molecule has 1 unspecified atom stereocenters. The number of hydrogen-bond donors (Lipinski definition) is 0. The highest BCUT2D eigenvalue weighted by Gasteiger charge is 2.38. The van der Waals surface area contributed by atoms with Crippen LogP contribution in [0.5, 0.6) is 0 Å². The highest BCUT2D eigenvalue weighted by molar-refractivity contribution is 9.10. The zero-order valence-corrected chi connectivity index (χ0v) is 12.5. The van der Waals surface area contributed by atoms with Gasteiger partial charge in [0, 0.05) is 24.0 Å². The standard InChI is InChI=1S/C12H13BrFNO3S/c13-11-4-2-1-3-9(11)5-6-15-8-10(7-12(15)16)19(14,17)18/h1-4,10H,5-8H2. The molecule has 19 heavy (non-hydrogen) atoms. The molecule has 1 heterocycles. The minimum atomic E-state index is -4.63. The SMILES string of the molecule is O=C1CC(S(=O)(=O)F)CN1CCc1ccccc1Br. The van der Waals surface area contributed by atoms with E-state index < -0.39 is 15.5 Å². The van der Waals surface area contributed by atoms with Crippen molar-refractivity contribution in [2.24, 2.45) is 0 Å². The number of hydrogen-bond acceptors (Lipinski definition) is 3. The molecular formula is C12H13BrFNO3S. The summed E-state index contributed by atoms with van der Waals surface area (Å²) in [6.45, 7) is 0.343. The van der Waals surface area contributed by atoms with Crippen LogP contribution in [-0.2, 0) is 21.4 Å². The average molecular weight is 350 g/mol. The predicted octanol–water partition coefficient (Wildman–Crippen LogP) is 1.89. The van der Waals surface area contributed by atoms with E-state index in [0.717, 1.165) is 10.0 Å². The molecule has 1 saturated heterocycles. The van der Waals surface area contributed by atoms with Crippen LogP contribution in [0.25, 0.3) is 0 Å². The van der Waals surface area contributed by atoms with Gasteiger partial charge < -0.3 is 4.90 Å². The minimum Gasteiger partial charge on any atom is -0.341 e. The van der Waals surface area contributed by atoms with Gasteiger partial charge in [-0.1, -0.05) is 34.1 Å². The van der Waals surface area contributed by atoms with E-state index in [-0.39, 0.29) is 18.9 Å². The zero-order chi connectivity index (χ0) is 14.0. The largest absolute Gasteiger partial charge is 0.341 e. The zero-order valence-electron chi connectivity index (χ0n) is 10.1. The Balaban J connectivity index is 1.98. The summed E-state index contributed by atoms with van der Waals surface area (Å²) < 4.78 is 35.4. The molecular weight excluding hydrogens is 337 g/mol. The summed E-state index contributed by atoms with van der Waals surface area (Å²) in [4.78, 5) is 13.0. The minimum absolute atomic E-state index is 0.0535. The van der Waals surface area contributed by atoms with Gasteiger partial charge in [-0.15, -0.1) is 3.89 Å². The van der Waals surface area contributed by atoms with Gasteiger partial charge in [0.1, 0.15) is 5.25 Å². The number of benzene rings is 1. The van der Waals surface area contributed by atoms with E-state index in [0.29, 0.717) is 13.0 Å². The third-order valence-electron chi connectivity index (χ3n) is 3.19. The van der Waals surface area contributed by atoms with Gasteiger partial charge in [-0.2, -0.15) is 8.42 Å². The Morgan fingerprint density at radius 1 is 1.37 bits per heavy atom. The van der Waals surface area contributed by atoms with Gasteiger partial charge in [-0.05, 0) is 18.1 Å². The number of amides is 1. The lowest BCUT2D eigenvalue weighted by molar-refractivity contribution is -0.127. The van der Waals surface area contributed by atoms with Crippen molar-refractivity contribution >= 4 is 32.1 Å². The number of halogens is 2. The molecule has 0 N–H and O–H groups in total. The molecule has 1 fully saturated rings. The van der Waals surface area contributed by atoms with Crippen molar-refractivity contribution in [1.29, 1.82) is 0 Å². The second-order valence-corrected chi connectivity index (χ2v) is 6.95. The summed E-state index contributed by atoms with van der Waals surface area (Å²) in [5.74, 6) is -0.307. The highest BCUT2D eigenvalue weighted by Crippen LogP contribution is 2.21. The molecule has 0 spiro atoms. The van der Waals surface area contributed by atoms with Crippen LogP contribution >= 0.6 is 15.9 Å². The fourth-order valence-corrected chi connectivity index (χ4v) is 3.28. The number of carbonyl (C=O) groups excluding carboxylic acids is 1. The molecule has 4 nitrogen and oxygen atoms in total. The Morgan fingerprint density at radius 3 is 2.63 bits per heavy atom. The van der Waals surface area contributed by atoms with Crippen molar-refractivity contribution in [3.63, 3.8) is 0 Å². The van der Waals surface area contributed by atoms with Crippen molar-refractivity contribution in [1.82, 2.24) is 4.90 Å². The third-order valence-corrected chi connectivity index (χ3v) is 5.07. The van der Waals surface area contributed by atoms with Crippen LogP contribution in [0.2, 0.25) is 0 Å². The quantitative estimate of drug-likeness (QED) is 0.780. The van der Waals surface area contributed by atoms with Gasteiger partial charge in [0.2, 0.25) is 5.91 Å². The molecule has 0 radical (unpaired) electrons. The van der Waals surface area contributed by atoms with E-state index in [2.05, 4.69) is 15.9 Å². The number of likely N-dealkylation sites (tertiary alicyclic amines) is 1. The monoisotopic (exact) mass is 349 g/mol. The second-order valence-electron chi connectivity index (χ2n) is 4.48. The number of rotatable bonds is 4. The van der Waals surface area contributed by atoms with Crippen molar-refractivity contribution in [3.05, 3.63) is 34.3 Å². The molecule has 1 atom stereocenters. The molecule has 104 valence electrons. The van der Waals surface area contributed by atoms with Gasteiger partial charge in [-0.3, -0.25) is 4.79 Å². The van der Waals surface area contributed by atoms with E-state index in [1.165, 1.54) is 4.90 Å². The molecule has 0 saturated carbocycles. The van der Waals surface area contributed by atoms with Gasteiger partial charge in [0.25, 0.3) is 0 Å². The maximum absolute atomic E-state index is 12.9. The molecule has 0 aliphatic carbocycles. The Kier molecular flexibility index (Phi) is 4.25. The molecule has 1 aliphatic heterocycles. The van der Waals surface area contributed by atoms with Crippen LogP contribution in [0.15, 0.2) is 28.7 Å². The lowest BCUT2D eigenvalue weighted by Crippen LogP contribution is -2.29. The molecule has 0 aromatic heterocycles. The van der Waals surface area contributed by atoms with Crippen LogP contribution in [0.3, 0.4) is 0 Å². The van der Waals surface area contributed by atoms with Crippen LogP contribution in [0.1, 0.15) is 12.0 Å². The second kappa shape index (κ2) is 5.58. The van der Waals surface area contributed by atoms with Gasteiger partial charge >= 0.3 is 10.2 Å². The Labute approximate surface area is 119 Å². The van der Waals surface area contributed by atoms with Crippen molar-refractivity contribution in [3.8, 4) is 0 Å². The summed E-state index contributed by atoms with van der Waals surface area (Å²) in [7, 11) is -4.63. The van der Waals surface area contributed by atoms with Crippen molar-refractivity contribution in [2.75, 3.05) is 13.1 Å². The normalized spacial score (nSPS) is 20.0. The lowest BCUT2D eigenvalue weighted by atomic mass is 10.1. The highest BCUT2D eigenvalue weighted by atomic mass is 79.9. The average Bonchev–Trinajstić information content (AvgIpc) is 2.70. The first-order chi connectivity index (χ1) is 8.88. The fourth-order valence-electron chi connectivity index (χ4n) is 2.10. The molecule has 0 bridgehead atoms. The van der Waals surface area contributed by atoms with Gasteiger partial charge in [0.15, 0.2) is 0 Å². The number of carbonyl (C=O) groups is 1. The first-order valence-electron chi connectivity index (χ1n) is 5.82. The topological polar surface area (TPSA) is 54.5 Å². The predicted molar refractivity (Wildman–Crippen MR) is 72.9 cm³/mol. The van der Waals surface area contributed by atoms with Crippen LogP contribution in [-0.4, -0.2) is 37.6 Å². The summed E-state index contributed by atoms with van der Waals surface area (Å²) in [5.41, 5.74) is 1.03. The molecule has 2 rings (SSSR count). The van der Waals surface area contributed by atoms with Crippen molar-refractivity contribution < 1.29 is 17.1 Å². The summed E-state index contributed by atoms with van der Waals surface area (Å²) in [6, 6.07) is 7.60. The van der Waals surface area contributed by atoms with Crippen molar-refractivity contribution in [2.45, 2.75) is 18.1 Å². The first kappa shape index (κ1) is 14.5. The first-order valence-corrected chi connectivity index (χ1v) is 8.06. The Bertz CT molecular complexity index is 590. The van der Waals surface area contributed by atoms with Gasteiger partial charge in [-0.25, -0.2) is 0 Å². The lowest BCUT2D eigenvalue weighted by Gasteiger charge is -2.16. The molecule has 1 amide bonds. The van der Waals surface area contributed by atoms with Crippen LogP contribution in [0, 0.1) is 0 Å². The maximum Gasteiger partial charge on any atom is 0.307 e. The summed E-state index contributed by atoms with van der Waals surface area (Å²) in [6.07, 6.45) is 0.348. The van der Waals surface area contributed by atoms with E-state index in [1.807, 2.05) is 24.3 Å². The molecule has 1 aromatic rings. The Hall–Kier alpha value is -0.950. The molecule has 1 aliphatic rings. The molecule has 7 heteroatoms. The van der Waals surface area contributed by atoms with Gasteiger partial charge in [0.05, 0.1) is 0 Å². The third kappa shape index (κ3) is 3.54. The van der Waals surface area contributed by atoms with E-state index in [9.17, 15) is 17.1 Å². The maximum atomic E-state index is 12.9. The van der Waals surface area contributed by atoms with E-state index >= 15 is 0 Å². The smallest absolute Gasteiger partial charge is 0.307 e. The van der Waals surface area contributed by atoms with E-state index in [4.69, 9.17) is 0 Å². The van der Waals surface area contributed by atoms with E-state index in [1.54, 1.807) is 0 Å². The Morgan fingerprint density at radius 2 is 2.05 bits per heavy atom.